The highest BCUT2D eigenvalue weighted by atomic mass is 32.1. The van der Waals surface area contributed by atoms with Gasteiger partial charge in [0, 0.05) is 18.0 Å². The Morgan fingerprint density at radius 1 is 1.41 bits per heavy atom. The molecular formula is C15H25N3O3S. The molecule has 22 heavy (non-hydrogen) atoms. The molecule has 0 saturated carbocycles. The highest BCUT2D eigenvalue weighted by molar-refractivity contribution is 7.09. The van der Waals surface area contributed by atoms with E-state index in [4.69, 9.17) is 4.74 Å². The summed E-state index contributed by atoms with van der Waals surface area (Å²) in [5.41, 5.74) is 0.303. The zero-order chi connectivity index (χ0) is 16.5. The van der Waals surface area contributed by atoms with Crippen LogP contribution in [0.2, 0.25) is 0 Å². The van der Waals surface area contributed by atoms with Crippen molar-refractivity contribution in [3.05, 3.63) is 16.1 Å². The number of aromatic nitrogens is 1. The number of hydrogen-bond acceptors (Lipinski definition) is 5. The van der Waals surface area contributed by atoms with Crippen LogP contribution in [0.4, 0.5) is 4.79 Å². The zero-order valence-corrected chi connectivity index (χ0v) is 14.5. The lowest BCUT2D eigenvalue weighted by molar-refractivity contribution is 0.0520. The van der Waals surface area contributed by atoms with E-state index in [1.165, 1.54) is 11.3 Å². The second-order valence-corrected chi connectivity index (χ2v) is 6.10. The minimum absolute atomic E-state index is 0.0524. The van der Waals surface area contributed by atoms with Crippen LogP contribution in [0.1, 0.15) is 56.0 Å². The van der Waals surface area contributed by atoms with E-state index in [9.17, 15) is 9.59 Å². The molecule has 1 rings (SSSR count). The lowest BCUT2D eigenvalue weighted by atomic mass is 10.3. The third-order valence-electron chi connectivity index (χ3n) is 3.03. The van der Waals surface area contributed by atoms with Crippen LogP contribution in [0, 0.1) is 0 Å². The fourth-order valence-corrected chi connectivity index (χ4v) is 2.55. The van der Waals surface area contributed by atoms with Gasteiger partial charge in [0.15, 0.2) is 5.69 Å². The first-order valence-electron chi connectivity index (χ1n) is 7.65. The van der Waals surface area contributed by atoms with Crippen molar-refractivity contribution in [2.45, 2.75) is 53.1 Å². The number of nitrogens with one attached hydrogen (secondary N) is 1. The molecule has 124 valence electrons. The number of amides is 2. The summed E-state index contributed by atoms with van der Waals surface area (Å²) in [4.78, 5) is 29.8. The molecule has 0 fully saturated rings. The van der Waals surface area contributed by atoms with E-state index in [1.807, 2.05) is 13.8 Å². The lowest BCUT2D eigenvalue weighted by Gasteiger charge is -2.26. The van der Waals surface area contributed by atoms with Crippen LogP contribution in [0.3, 0.4) is 0 Å². The minimum Gasteiger partial charge on any atom is -0.461 e. The van der Waals surface area contributed by atoms with Gasteiger partial charge in [-0.2, -0.15) is 0 Å². The van der Waals surface area contributed by atoms with Crippen LogP contribution in [0.15, 0.2) is 5.38 Å². The highest BCUT2D eigenvalue weighted by Gasteiger charge is 2.19. The molecule has 0 radical (unpaired) electrons. The molecule has 0 bridgehead atoms. The Hall–Kier alpha value is -1.63. The Balaban J connectivity index is 2.67. The monoisotopic (exact) mass is 327 g/mol. The van der Waals surface area contributed by atoms with Crippen molar-refractivity contribution < 1.29 is 14.3 Å². The molecule has 1 aromatic rings. The van der Waals surface area contributed by atoms with E-state index < -0.39 is 5.97 Å². The highest BCUT2D eigenvalue weighted by Crippen LogP contribution is 2.15. The normalized spacial score (nSPS) is 10.6. The van der Waals surface area contributed by atoms with Crippen LogP contribution < -0.4 is 5.32 Å². The molecule has 0 saturated heterocycles. The molecule has 0 unspecified atom stereocenters. The summed E-state index contributed by atoms with van der Waals surface area (Å²) in [5, 5.41) is 5.30. The standard InChI is InChI=1S/C15H25N3O3S/c1-5-7-8-16-15(20)18(11(3)4)9-13-17-12(10-22-13)14(19)21-6-2/h10-11H,5-9H2,1-4H3,(H,16,20). The molecule has 1 N–H and O–H groups in total. The van der Waals surface area contributed by atoms with Gasteiger partial charge in [0.05, 0.1) is 13.2 Å². The number of esters is 1. The van der Waals surface area contributed by atoms with Gasteiger partial charge in [0.1, 0.15) is 5.01 Å². The Kier molecular flexibility index (Phi) is 7.87. The van der Waals surface area contributed by atoms with Crippen LogP contribution >= 0.6 is 11.3 Å². The number of rotatable bonds is 8. The second-order valence-electron chi connectivity index (χ2n) is 5.15. The number of unbranched alkanes of at least 4 members (excludes halogenated alkanes) is 1. The maximum absolute atomic E-state index is 12.2. The molecule has 0 aliphatic heterocycles. The van der Waals surface area contributed by atoms with Crippen LogP contribution in [0.25, 0.3) is 0 Å². The van der Waals surface area contributed by atoms with Crippen molar-refractivity contribution in [1.29, 1.82) is 0 Å². The first kappa shape index (κ1) is 18.4. The van der Waals surface area contributed by atoms with E-state index >= 15 is 0 Å². The van der Waals surface area contributed by atoms with Gasteiger partial charge in [-0.05, 0) is 27.2 Å². The van der Waals surface area contributed by atoms with Crippen molar-refractivity contribution in [1.82, 2.24) is 15.2 Å². The predicted octanol–water partition coefficient (Wildman–Crippen LogP) is 3.04. The van der Waals surface area contributed by atoms with Crippen molar-refractivity contribution >= 4 is 23.3 Å². The SMILES string of the molecule is CCCCNC(=O)N(Cc1nc(C(=O)OCC)cs1)C(C)C. The first-order valence-corrected chi connectivity index (χ1v) is 8.53. The Morgan fingerprint density at radius 3 is 2.73 bits per heavy atom. The Labute approximate surface area is 135 Å². The first-order chi connectivity index (χ1) is 10.5. The number of urea groups is 1. The van der Waals surface area contributed by atoms with Gasteiger partial charge >= 0.3 is 12.0 Å². The third-order valence-corrected chi connectivity index (χ3v) is 3.87. The molecule has 6 nitrogen and oxygen atoms in total. The van der Waals surface area contributed by atoms with E-state index in [0.717, 1.165) is 17.8 Å². The number of nitrogens with zero attached hydrogens (tertiary/aromatic N) is 2. The molecule has 7 heteroatoms. The van der Waals surface area contributed by atoms with Gasteiger partial charge in [-0.15, -0.1) is 11.3 Å². The van der Waals surface area contributed by atoms with E-state index in [2.05, 4.69) is 17.2 Å². The average molecular weight is 327 g/mol. The maximum atomic E-state index is 12.2. The van der Waals surface area contributed by atoms with Gasteiger partial charge in [0.25, 0.3) is 0 Å². The van der Waals surface area contributed by atoms with E-state index in [1.54, 1.807) is 17.2 Å². The van der Waals surface area contributed by atoms with Gasteiger partial charge in [-0.3, -0.25) is 0 Å². The zero-order valence-electron chi connectivity index (χ0n) is 13.7. The second kappa shape index (κ2) is 9.40. The quantitative estimate of drug-likeness (QED) is 0.588. The molecule has 0 aliphatic carbocycles. The maximum Gasteiger partial charge on any atom is 0.357 e. The summed E-state index contributed by atoms with van der Waals surface area (Å²) < 4.78 is 4.92. The van der Waals surface area contributed by atoms with E-state index in [0.29, 0.717) is 25.4 Å². The summed E-state index contributed by atoms with van der Waals surface area (Å²) in [6.07, 6.45) is 2.00. The average Bonchev–Trinajstić information content (AvgIpc) is 2.93. The van der Waals surface area contributed by atoms with Crippen molar-refractivity contribution in [2.24, 2.45) is 0 Å². The Morgan fingerprint density at radius 2 is 2.14 bits per heavy atom. The summed E-state index contributed by atoms with van der Waals surface area (Å²) >= 11 is 1.36. The topological polar surface area (TPSA) is 71.5 Å². The molecule has 0 aliphatic rings. The summed E-state index contributed by atoms with van der Waals surface area (Å²) in [6.45, 7) is 9.14. The number of ether oxygens (including phenoxy) is 1. The van der Waals surface area contributed by atoms with Gasteiger partial charge in [0.2, 0.25) is 0 Å². The molecular weight excluding hydrogens is 302 g/mol. The van der Waals surface area contributed by atoms with E-state index in [-0.39, 0.29) is 12.1 Å². The fraction of sp³-hybridized carbons (Fsp3) is 0.667. The van der Waals surface area contributed by atoms with Gasteiger partial charge in [-0.1, -0.05) is 13.3 Å². The van der Waals surface area contributed by atoms with Crippen molar-refractivity contribution in [2.75, 3.05) is 13.2 Å². The third kappa shape index (κ3) is 5.63. The summed E-state index contributed by atoms with van der Waals surface area (Å²) in [5.74, 6) is -0.423. The smallest absolute Gasteiger partial charge is 0.357 e. The van der Waals surface area contributed by atoms with Gasteiger partial charge in [-0.25, -0.2) is 14.6 Å². The van der Waals surface area contributed by atoms with Crippen LogP contribution in [0.5, 0.6) is 0 Å². The summed E-state index contributed by atoms with van der Waals surface area (Å²) in [6, 6.07) is -0.0482. The Bertz CT molecular complexity index is 488. The fourth-order valence-electron chi connectivity index (χ4n) is 1.79. The molecule has 0 spiro atoms. The molecule has 0 aromatic carbocycles. The largest absolute Gasteiger partial charge is 0.461 e. The number of carbonyl (C=O) groups is 2. The van der Waals surface area contributed by atoms with Crippen molar-refractivity contribution in [3.8, 4) is 0 Å². The summed E-state index contributed by atoms with van der Waals surface area (Å²) in [7, 11) is 0. The lowest BCUT2D eigenvalue weighted by Crippen LogP contribution is -2.43. The van der Waals surface area contributed by atoms with Crippen molar-refractivity contribution in [3.63, 3.8) is 0 Å². The predicted molar refractivity (Wildman–Crippen MR) is 87.1 cm³/mol. The number of thiazole rings is 1. The number of hydrogen-bond donors (Lipinski definition) is 1. The van der Waals surface area contributed by atoms with Crippen LogP contribution in [-0.4, -0.2) is 41.1 Å². The molecule has 2 amide bonds. The van der Waals surface area contributed by atoms with Gasteiger partial charge < -0.3 is 15.0 Å². The van der Waals surface area contributed by atoms with Crippen LogP contribution in [-0.2, 0) is 11.3 Å². The minimum atomic E-state index is -0.423. The number of carbonyl (C=O) groups excluding carboxylic acids is 2. The molecule has 0 atom stereocenters. The molecule has 1 aromatic heterocycles. The molecule has 1 heterocycles.